The molecule has 0 aliphatic heterocycles. The maximum Gasteiger partial charge on any atom is 0.306 e. The number of esters is 3. The lowest BCUT2D eigenvalue weighted by Gasteiger charge is -2.18. The topological polar surface area (TPSA) is 78.9 Å². The van der Waals surface area contributed by atoms with Crippen molar-refractivity contribution in [2.45, 2.75) is 207 Å². The Morgan fingerprint density at radius 3 is 1.26 bits per heavy atom. The van der Waals surface area contributed by atoms with Gasteiger partial charge in [0.25, 0.3) is 0 Å². The van der Waals surface area contributed by atoms with Crippen LogP contribution in [-0.2, 0) is 28.6 Å². The Morgan fingerprint density at radius 2 is 0.721 bits per heavy atom. The molecular formula is C55H88O6. The third kappa shape index (κ3) is 47.0. The molecule has 0 spiro atoms. The summed E-state index contributed by atoms with van der Waals surface area (Å²) in [5.41, 5.74) is 0. The summed E-state index contributed by atoms with van der Waals surface area (Å²) < 4.78 is 16.7. The molecule has 6 heteroatoms. The van der Waals surface area contributed by atoms with Crippen molar-refractivity contribution in [1.82, 2.24) is 0 Å². The minimum Gasteiger partial charge on any atom is -0.462 e. The smallest absolute Gasteiger partial charge is 0.306 e. The van der Waals surface area contributed by atoms with Gasteiger partial charge in [0.1, 0.15) is 13.2 Å². The fourth-order valence-corrected chi connectivity index (χ4v) is 6.14. The third-order valence-corrected chi connectivity index (χ3v) is 9.83. The molecule has 0 aromatic heterocycles. The molecule has 6 nitrogen and oxygen atoms in total. The molecule has 0 saturated heterocycles. The van der Waals surface area contributed by atoms with Crippen molar-refractivity contribution in [3.8, 4) is 0 Å². The lowest BCUT2D eigenvalue weighted by Crippen LogP contribution is -2.30. The van der Waals surface area contributed by atoms with E-state index in [1.165, 1.54) is 64.2 Å². The monoisotopic (exact) mass is 845 g/mol. The van der Waals surface area contributed by atoms with Gasteiger partial charge in [0.05, 0.1) is 0 Å². The Labute approximate surface area is 374 Å². The number of unbranched alkanes of at least 4 members (excludes halogenated alkanes) is 16. The van der Waals surface area contributed by atoms with Gasteiger partial charge in [-0.05, 0) is 103 Å². The van der Waals surface area contributed by atoms with Gasteiger partial charge in [-0.1, -0.05) is 188 Å². The van der Waals surface area contributed by atoms with Gasteiger partial charge in [0, 0.05) is 19.3 Å². The van der Waals surface area contributed by atoms with Gasteiger partial charge in [0.2, 0.25) is 0 Å². The molecule has 0 rings (SSSR count). The lowest BCUT2D eigenvalue weighted by atomic mass is 10.1. The Hall–Kier alpha value is -3.93. The Balaban J connectivity index is 4.57. The first-order valence-electron chi connectivity index (χ1n) is 24.4. The first kappa shape index (κ1) is 57.1. The molecule has 1 atom stereocenters. The summed E-state index contributed by atoms with van der Waals surface area (Å²) in [6, 6.07) is 0. The third-order valence-electron chi connectivity index (χ3n) is 9.83. The van der Waals surface area contributed by atoms with Crippen LogP contribution in [0.3, 0.4) is 0 Å². The number of carbonyl (C=O) groups excluding carboxylic acids is 3. The summed E-state index contributed by atoms with van der Waals surface area (Å²) in [5.74, 6) is -1.04. The number of allylic oxidation sites excluding steroid dienone is 18. The van der Waals surface area contributed by atoms with E-state index in [1.807, 2.05) is 36.5 Å². The van der Waals surface area contributed by atoms with Crippen molar-refractivity contribution in [1.29, 1.82) is 0 Å². The molecule has 0 heterocycles. The van der Waals surface area contributed by atoms with Gasteiger partial charge in [-0.15, -0.1) is 0 Å². The molecule has 0 N–H and O–H groups in total. The number of ether oxygens (including phenoxy) is 3. The normalized spacial score (nSPS) is 13.0. The molecule has 1 unspecified atom stereocenters. The Morgan fingerprint density at radius 1 is 0.361 bits per heavy atom. The van der Waals surface area contributed by atoms with Crippen LogP contribution in [0.5, 0.6) is 0 Å². The Kier molecular flexibility index (Phi) is 45.6. The van der Waals surface area contributed by atoms with Crippen molar-refractivity contribution >= 4 is 17.9 Å². The van der Waals surface area contributed by atoms with E-state index < -0.39 is 6.10 Å². The van der Waals surface area contributed by atoms with Crippen LogP contribution in [0.2, 0.25) is 0 Å². The second-order valence-corrected chi connectivity index (χ2v) is 15.7. The summed E-state index contributed by atoms with van der Waals surface area (Å²) in [7, 11) is 0. The molecule has 0 aliphatic carbocycles. The van der Waals surface area contributed by atoms with E-state index in [0.717, 1.165) is 83.5 Å². The Bertz CT molecular complexity index is 1290. The lowest BCUT2D eigenvalue weighted by molar-refractivity contribution is -0.167. The highest BCUT2D eigenvalue weighted by Gasteiger charge is 2.19. The molecule has 344 valence electrons. The zero-order valence-corrected chi connectivity index (χ0v) is 39.1. The number of hydrogen-bond donors (Lipinski definition) is 0. The standard InChI is InChI=1S/C55H88O6/c1-4-7-10-13-16-19-22-25-26-27-28-31-33-36-39-42-45-48-54(57)60-51-52(61-55(58)49-46-43-40-37-34-30-24-21-18-15-12-9-6-3)50-59-53(56)47-44-41-38-35-32-29-23-20-17-14-11-8-5-2/h9,12,15-16,18-19,21,24-26,28-32,34,36,39,52H,4-8,10-11,13-14,17,20,22-23,27,33,35,37-38,40-51H2,1-3H3/b12-9+,18-15+,19-16+,24-21+,26-25+,31-28+,32-29+,34-30+,39-36+. The fourth-order valence-electron chi connectivity index (χ4n) is 6.14. The van der Waals surface area contributed by atoms with Crippen LogP contribution >= 0.6 is 0 Å². The molecule has 0 fully saturated rings. The SMILES string of the molecule is CC/C=C/C=C/C=C/C=C/CCCCCC(=O)OC(COC(=O)CCC/C=C/C/C=C/C/C=C/C/C=C/CCCCC)COC(=O)CCCCC/C=C/CCCCCCCC. The van der Waals surface area contributed by atoms with Crippen molar-refractivity contribution in [2.24, 2.45) is 0 Å². The summed E-state index contributed by atoms with van der Waals surface area (Å²) in [6.07, 6.45) is 65.0. The first-order chi connectivity index (χ1) is 30.0. The molecular weight excluding hydrogens is 757 g/mol. The molecule has 0 bridgehead atoms. The van der Waals surface area contributed by atoms with E-state index in [1.54, 1.807) is 0 Å². The van der Waals surface area contributed by atoms with Crippen LogP contribution in [0.1, 0.15) is 201 Å². The summed E-state index contributed by atoms with van der Waals surface area (Å²) >= 11 is 0. The van der Waals surface area contributed by atoms with Gasteiger partial charge in [0.15, 0.2) is 6.10 Å². The summed E-state index contributed by atoms with van der Waals surface area (Å²) in [6.45, 7) is 6.34. The quantitative estimate of drug-likeness (QED) is 0.0200. The molecule has 61 heavy (non-hydrogen) atoms. The predicted octanol–water partition coefficient (Wildman–Crippen LogP) is 16.0. The van der Waals surface area contributed by atoms with Crippen molar-refractivity contribution in [2.75, 3.05) is 13.2 Å². The molecule has 0 aliphatic rings. The average Bonchev–Trinajstić information content (AvgIpc) is 3.26. The maximum absolute atomic E-state index is 12.7. The van der Waals surface area contributed by atoms with Crippen molar-refractivity contribution in [3.05, 3.63) is 109 Å². The number of rotatable bonds is 42. The zero-order chi connectivity index (χ0) is 44.4. The zero-order valence-electron chi connectivity index (χ0n) is 39.1. The van der Waals surface area contributed by atoms with Crippen LogP contribution in [-0.4, -0.2) is 37.2 Å². The van der Waals surface area contributed by atoms with Crippen LogP contribution in [0.25, 0.3) is 0 Å². The minimum absolute atomic E-state index is 0.121. The van der Waals surface area contributed by atoms with Crippen LogP contribution in [0.15, 0.2) is 109 Å². The van der Waals surface area contributed by atoms with Crippen LogP contribution < -0.4 is 0 Å². The predicted molar refractivity (Wildman–Crippen MR) is 260 cm³/mol. The van der Waals surface area contributed by atoms with Crippen molar-refractivity contribution < 1.29 is 28.6 Å². The highest BCUT2D eigenvalue weighted by molar-refractivity contribution is 5.71. The molecule has 0 aromatic rings. The van der Waals surface area contributed by atoms with Gasteiger partial charge in [-0.3, -0.25) is 14.4 Å². The molecule has 0 radical (unpaired) electrons. The van der Waals surface area contributed by atoms with E-state index in [2.05, 4.69) is 93.7 Å². The molecule has 0 amide bonds. The van der Waals surface area contributed by atoms with E-state index in [9.17, 15) is 14.4 Å². The van der Waals surface area contributed by atoms with Gasteiger partial charge < -0.3 is 14.2 Å². The number of hydrogen-bond acceptors (Lipinski definition) is 6. The van der Waals surface area contributed by atoms with Crippen LogP contribution in [0, 0.1) is 0 Å². The van der Waals surface area contributed by atoms with Crippen LogP contribution in [0.4, 0.5) is 0 Å². The number of carbonyl (C=O) groups is 3. The van der Waals surface area contributed by atoms with E-state index >= 15 is 0 Å². The molecule has 0 aromatic carbocycles. The second kappa shape index (κ2) is 48.7. The van der Waals surface area contributed by atoms with Gasteiger partial charge in [-0.2, -0.15) is 0 Å². The van der Waals surface area contributed by atoms with Gasteiger partial charge >= 0.3 is 17.9 Å². The van der Waals surface area contributed by atoms with Gasteiger partial charge in [-0.25, -0.2) is 0 Å². The summed E-state index contributed by atoms with van der Waals surface area (Å²) in [4.78, 5) is 37.8. The van der Waals surface area contributed by atoms with E-state index in [-0.39, 0.29) is 44.0 Å². The molecule has 0 saturated carbocycles. The maximum atomic E-state index is 12.7. The van der Waals surface area contributed by atoms with E-state index in [4.69, 9.17) is 14.2 Å². The first-order valence-corrected chi connectivity index (χ1v) is 24.4. The highest BCUT2D eigenvalue weighted by atomic mass is 16.6. The summed E-state index contributed by atoms with van der Waals surface area (Å²) in [5, 5.41) is 0. The van der Waals surface area contributed by atoms with Crippen molar-refractivity contribution in [3.63, 3.8) is 0 Å². The fraction of sp³-hybridized carbons (Fsp3) is 0.618. The largest absolute Gasteiger partial charge is 0.462 e. The average molecular weight is 845 g/mol. The van der Waals surface area contributed by atoms with E-state index in [0.29, 0.717) is 19.3 Å². The minimum atomic E-state index is -0.827. The second-order valence-electron chi connectivity index (χ2n) is 15.7. The highest BCUT2D eigenvalue weighted by Crippen LogP contribution is 2.11.